The first-order chi connectivity index (χ1) is 9.08. The molecule has 2 rings (SSSR count). The van der Waals surface area contributed by atoms with Crippen LogP contribution >= 0.6 is 23.2 Å². The average molecular weight is 313 g/mol. The third-order valence-corrected chi connectivity index (χ3v) is 4.36. The number of hydrogen-bond acceptors (Lipinski definition) is 2. The Morgan fingerprint density at radius 1 is 1.05 bits per heavy atom. The molecule has 2 aromatic rings. The molecule has 19 heavy (non-hydrogen) atoms. The van der Waals surface area contributed by atoms with Gasteiger partial charge in [-0.2, -0.15) is 0 Å². The van der Waals surface area contributed by atoms with Crippen molar-refractivity contribution in [2.75, 3.05) is 5.75 Å². The monoisotopic (exact) mass is 312 g/mol. The largest absolute Gasteiger partial charge is 0.293 e. The van der Waals surface area contributed by atoms with Crippen molar-refractivity contribution < 1.29 is 9.00 Å². The van der Waals surface area contributed by atoms with E-state index >= 15 is 0 Å². The molecule has 0 fully saturated rings. The molecule has 0 aliphatic rings. The van der Waals surface area contributed by atoms with E-state index < -0.39 is 10.8 Å². The number of ketones is 1. The van der Waals surface area contributed by atoms with Crippen LogP contribution in [0.5, 0.6) is 0 Å². The maximum atomic E-state index is 12.1. The van der Waals surface area contributed by atoms with Gasteiger partial charge in [0.25, 0.3) is 0 Å². The zero-order valence-corrected chi connectivity index (χ0v) is 12.1. The predicted molar refractivity (Wildman–Crippen MR) is 78.5 cm³/mol. The molecule has 0 aliphatic carbocycles. The van der Waals surface area contributed by atoms with Crippen LogP contribution in [0, 0.1) is 0 Å². The Balaban J connectivity index is 2.16. The summed E-state index contributed by atoms with van der Waals surface area (Å²) in [7, 11) is -1.43. The fourth-order valence-electron chi connectivity index (χ4n) is 1.58. The summed E-state index contributed by atoms with van der Waals surface area (Å²) >= 11 is 11.8. The van der Waals surface area contributed by atoms with Crippen molar-refractivity contribution in [3.63, 3.8) is 0 Å². The third-order valence-electron chi connectivity index (χ3n) is 2.50. The number of hydrogen-bond donors (Lipinski definition) is 0. The zero-order chi connectivity index (χ0) is 13.8. The van der Waals surface area contributed by atoms with E-state index in [1.807, 2.05) is 0 Å². The van der Waals surface area contributed by atoms with Gasteiger partial charge in [0.2, 0.25) is 0 Å². The van der Waals surface area contributed by atoms with Crippen LogP contribution in [-0.4, -0.2) is 15.7 Å². The van der Waals surface area contributed by atoms with Crippen LogP contribution in [0.3, 0.4) is 0 Å². The second-order valence-electron chi connectivity index (χ2n) is 3.85. The lowest BCUT2D eigenvalue weighted by Crippen LogP contribution is -2.11. The average Bonchev–Trinajstić information content (AvgIpc) is 2.39. The Kier molecular flexibility index (Phi) is 4.75. The Hall–Kier alpha value is -1.16. The van der Waals surface area contributed by atoms with Crippen LogP contribution in [0.15, 0.2) is 53.4 Å². The highest BCUT2D eigenvalue weighted by atomic mass is 35.5. The predicted octanol–water partition coefficient (Wildman–Crippen LogP) is 3.98. The first-order valence-corrected chi connectivity index (χ1v) is 7.57. The molecule has 0 N–H and O–H groups in total. The van der Waals surface area contributed by atoms with Crippen LogP contribution < -0.4 is 0 Å². The topological polar surface area (TPSA) is 34.1 Å². The summed E-state index contributed by atoms with van der Waals surface area (Å²) in [6.07, 6.45) is 0. The highest BCUT2D eigenvalue weighted by Crippen LogP contribution is 2.18. The fourth-order valence-corrected chi connectivity index (χ4v) is 3.12. The Bertz CT molecular complexity index is 641. The smallest absolute Gasteiger partial charge is 0.177 e. The van der Waals surface area contributed by atoms with Crippen molar-refractivity contribution in [1.29, 1.82) is 0 Å². The van der Waals surface area contributed by atoms with E-state index in [0.29, 0.717) is 20.5 Å². The summed E-state index contributed by atoms with van der Waals surface area (Å²) in [6.45, 7) is 0. The lowest BCUT2D eigenvalue weighted by atomic mass is 10.1. The molecule has 5 heteroatoms. The normalized spacial score (nSPS) is 12.1. The summed E-state index contributed by atoms with van der Waals surface area (Å²) < 4.78 is 12.1. The molecule has 98 valence electrons. The van der Waals surface area contributed by atoms with Gasteiger partial charge in [0.05, 0.1) is 21.6 Å². The van der Waals surface area contributed by atoms with Gasteiger partial charge >= 0.3 is 0 Å². The highest BCUT2D eigenvalue weighted by Gasteiger charge is 2.14. The van der Waals surface area contributed by atoms with E-state index in [4.69, 9.17) is 23.2 Å². The minimum atomic E-state index is -1.43. The summed E-state index contributed by atoms with van der Waals surface area (Å²) in [5.74, 6) is -0.353. The van der Waals surface area contributed by atoms with E-state index in [2.05, 4.69) is 0 Å². The van der Waals surface area contributed by atoms with Crippen LogP contribution in [0.1, 0.15) is 10.4 Å². The Labute approximate surface area is 123 Å². The molecule has 2 aromatic carbocycles. The molecule has 0 heterocycles. The van der Waals surface area contributed by atoms with Crippen molar-refractivity contribution in [3.8, 4) is 0 Å². The van der Waals surface area contributed by atoms with Gasteiger partial charge in [0.1, 0.15) is 0 Å². The van der Waals surface area contributed by atoms with E-state index in [9.17, 15) is 9.00 Å². The summed E-state index contributed by atoms with van der Waals surface area (Å²) in [5.41, 5.74) is 0.388. The lowest BCUT2D eigenvalue weighted by Gasteiger charge is -2.04. The van der Waals surface area contributed by atoms with E-state index in [-0.39, 0.29) is 11.5 Å². The van der Waals surface area contributed by atoms with Crippen molar-refractivity contribution in [2.24, 2.45) is 0 Å². The maximum Gasteiger partial charge on any atom is 0.177 e. The molecule has 1 atom stereocenters. The van der Waals surface area contributed by atoms with Crippen LogP contribution in [-0.2, 0) is 10.8 Å². The molecule has 0 saturated heterocycles. The number of halogens is 2. The van der Waals surface area contributed by atoms with E-state index in [0.717, 1.165) is 0 Å². The van der Waals surface area contributed by atoms with Gasteiger partial charge < -0.3 is 0 Å². The summed E-state index contributed by atoms with van der Waals surface area (Å²) in [6, 6.07) is 13.4. The molecule has 1 unspecified atom stereocenters. The Morgan fingerprint density at radius 2 is 1.79 bits per heavy atom. The Morgan fingerprint density at radius 3 is 2.47 bits per heavy atom. The lowest BCUT2D eigenvalue weighted by molar-refractivity contribution is 0.102. The maximum absolute atomic E-state index is 12.1. The second kappa shape index (κ2) is 6.33. The molecule has 0 saturated carbocycles. The van der Waals surface area contributed by atoms with Crippen molar-refractivity contribution in [3.05, 3.63) is 64.1 Å². The molecule has 0 spiro atoms. The van der Waals surface area contributed by atoms with E-state index in [1.54, 1.807) is 48.5 Å². The quantitative estimate of drug-likeness (QED) is 0.800. The molecule has 0 bridgehead atoms. The number of carbonyl (C=O) groups excluding carboxylic acids is 1. The van der Waals surface area contributed by atoms with Crippen LogP contribution in [0.2, 0.25) is 10.0 Å². The number of benzene rings is 2. The number of Topliss-reactive ketones (excluding diaryl/α,β-unsaturated/α-hetero) is 1. The molecular weight excluding hydrogens is 303 g/mol. The highest BCUT2D eigenvalue weighted by molar-refractivity contribution is 7.85. The van der Waals surface area contributed by atoms with Crippen LogP contribution in [0.25, 0.3) is 0 Å². The second-order valence-corrected chi connectivity index (χ2v) is 6.15. The first kappa shape index (κ1) is 14.3. The van der Waals surface area contributed by atoms with Crippen molar-refractivity contribution in [2.45, 2.75) is 4.90 Å². The number of carbonyl (C=O) groups is 1. The molecule has 2 nitrogen and oxygen atoms in total. The van der Waals surface area contributed by atoms with Gasteiger partial charge in [0.15, 0.2) is 5.78 Å². The minimum Gasteiger partial charge on any atom is -0.293 e. The molecule has 0 aromatic heterocycles. The SMILES string of the molecule is O=C(CS(=O)c1cccc(Cl)c1)c1ccccc1Cl. The van der Waals surface area contributed by atoms with Gasteiger partial charge in [-0.1, -0.05) is 41.4 Å². The minimum absolute atomic E-state index is 0.107. The van der Waals surface area contributed by atoms with Crippen LogP contribution in [0.4, 0.5) is 0 Å². The van der Waals surface area contributed by atoms with Gasteiger partial charge in [-0.15, -0.1) is 0 Å². The zero-order valence-electron chi connectivity index (χ0n) is 9.81. The van der Waals surface area contributed by atoms with E-state index in [1.165, 1.54) is 0 Å². The summed E-state index contributed by atoms with van der Waals surface area (Å²) in [4.78, 5) is 12.6. The fraction of sp³-hybridized carbons (Fsp3) is 0.0714. The first-order valence-electron chi connectivity index (χ1n) is 5.49. The van der Waals surface area contributed by atoms with Gasteiger partial charge in [-0.3, -0.25) is 9.00 Å². The number of rotatable bonds is 4. The van der Waals surface area contributed by atoms with Gasteiger partial charge in [-0.25, -0.2) is 0 Å². The molecule has 0 radical (unpaired) electrons. The third kappa shape index (κ3) is 3.66. The van der Waals surface area contributed by atoms with Gasteiger partial charge in [-0.05, 0) is 30.3 Å². The standard InChI is InChI=1S/C14H10Cl2O2S/c15-10-4-3-5-11(8-10)19(18)9-14(17)12-6-1-2-7-13(12)16/h1-8H,9H2. The molecular formula is C14H10Cl2O2S. The van der Waals surface area contributed by atoms with Crippen molar-refractivity contribution >= 4 is 39.8 Å². The molecule has 0 aliphatic heterocycles. The molecule has 0 amide bonds. The van der Waals surface area contributed by atoms with Crippen molar-refractivity contribution in [1.82, 2.24) is 0 Å². The summed E-state index contributed by atoms with van der Waals surface area (Å²) in [5, 5.41) is 0.867. The van der Waals surface area contributed by atoms with Gasteiger partial charge in [0, 0.05) is 15.5 Å².